The molecule has 4 heteroatoms. The van der Waals surface area contributed by atoms with E-state index < -0.39 is 0 Å². The molecule has 0 spiro atoms. The van der Waals surface area contributed by atoms with Gasteiger partial charge in [-0.05, 0) is 84.8 Å². The Kier molecular flexibility index (Phi) is 8.38. The number of ether oxygens (including phenoxy) is 1. The lowest BCUT2D eigenvalue weighted by molar-refractivity contribution is 0.290. The summed E-state index contributed by atoms with van der Waals surface area (Å²) in [7, 11) is 2.17. The zero-order valence-electron chi connectivity index (χ0n) is 19.2. The number of allylic oxidation sites excluding steroid dienone is 1. The molecule has 3 aromatic rings. The second-order valence-electron chi connectivity index (χ2n) is 8.66. The van der Waals surface area contributed by atoms with Crippen molar-refractivity contribution in [1.82, 2.24) is 4.90 Å². The Bertz CT molecular complexity index is 1050. The highest BCUT2D eigenvalue weighted by Crippen LogP contribution is 2.36. The summed E-state index contributed by atoms with van der Waals surface area (Å²) in [6.45, 7) is 2.15. The maximum Gasteiger partial charge on any atom is 0.119 e. The Hall–Kier alpha value is -2.40. The highest BCUT2D eigenvalue weighted by Gasteiger charge is 2.28. The van der Waals surface area contributed by atoms with E-state index in [1.54, 1.807) is 0 Å². The number of hydrogen-bond acceptors (Lipinski definition) is 3. The van der Waals surface area contributed by atoms with Gasteiger partial charge in [0.25, 0.3) is 0 Å². The molecule has 4 rings (SSSR count). The summed E-state index contributed by atoms with van der Waals surface area (Å²) in [5.41, 5.74) is 5.95. The molecule has 0 amide bonds. The van der Waals surface area contributed by atoms with Crippen molar-refractivity contribution in [1.29, 1.82) is 0 Å². The Labute approximate surface area is 205 Å². The van der Waals surface area contributed by atoms with Gasteiger partial charge in [-0.25, -0.2) is 0 Å². The van der Waals surface area contributed by atoms with Crippen molar-refractivity contribution >= 4 is 27.1 Å². The van der Waals surface area contributed by atoms with Crippen LogP contribution in [0.3, 0.4) is 0 Å². The maximum absolute atomic E-state index is 9.57. The van der Waals surface area contributed by atoms with Gasteiger partial charge in [0.15, 0.2) is 0 Å². The van der Waals surface area contributed by atoms with Crippen LogP contribution in [0, 0.1) is 0 Å². The third kappa shape index (κ3) is 6.57. The van der Waals surface area contributed by atoms with E-state index in [0.29, 0.717) is 0 Å². The summed E-state index contributed by atoms with van der Waals surface area (Å²) in [6.07, 6.45) is 3.82. The lowest BCUT2D eigenvalue weighted by Crippen LogP contribution is -2.02. The Morgan fingerprint density at radius 3 is 2.15 bits per heavy atom. The molecule has 0 radical (unpaired) electrons. The van der Waals surface area contributed by atoms with Crippen LogP contribution >= 0.6 is 15.9 Å². The minimum Gasteiger partial charge on any atom is -0.494 e. The molecule has 0 saturated carbocycles. The van der Waals surface area contributed by atoms with Crippen molar-refractivity contribution in [3.8, 4) is 5.75 Å². The summed E-state index contributed by atoms with van der Waals surface area (Å²) in [5.74, 6) is 0.912. The Morgan fingerprint density at radius 1 is 0.909 bits per heavy atom. The van der Waals surface area contributed by atoms with E-state index in [-0.39, 0.29) is 6.61 Å². The molecule has 33 heavy (non-hydrogen) atoms. The Morgan fingerprint density at radius 2 is 1.55 bits per heavy atom. The van der Waals surface area contributed by atoms with E-state index in [2.05, 4.69) is 101 Å². The smallest absolute Gasteiger partial charge is 0.119 e. The molecule has 1 N–H and O–H groups in total. The van der Waals surface area contributed by atoms with E-state index in [0.717, 1.165) is 53.3 Å². The molecule has 0 aromatic heterocycles. The highest BCUT2D eigenvalue weighted by atomic mass is 79.9. The number of benzene rings is 3. The molecule has 1 heterocycles. The molecule has 3 nitrogen and oxygen atoms in total. The first-order chi connectivity index (χ1) is 16.2. The van der Waals surface area contributed by atoms with Crippen LogP contribution in [-0.2, 0) is 0 Å². The van der Waals surface area contributed by atoms with Gasteiger partial charge < -0.3 is 14.7 Å². The van der Waals surface area contributed by atoms with Crippen LogP contribution in [-0.4, -0.2) is 42.9 Å². The first kappa shape index (κ1) is 23.7. The molecule has 1 aliphatic heterocycles. The zero-order chi connectivity index (χ0) is 23.0. The number of halogens is 1. The normalized spacial score (nSPS) is 18.0. The van der Waals surface area contributed by atoms with Crippen LogP contribution < -0.4 is 4.74 Å². The summed E-state index contributed by atoms with van der Waals surface area (Å²) in [4.78, 5) is 2.37. The molecule has 2 atom stereocenters. The largest absolute Gasteiger partial charge is 0.494 e. The van der Waals surface area contributed by atoms with E-state index >= 15 is 0 Å². The van der Waals surface area contributed by atoms with Gasteiger partial charge in [-0.1, -0.05) is 70.5 Å². The lowest BCUT2D eigenvalue weighted by atomic mass is 9.87. The van der Waals surface area contributed by atoms with Crippen LogP contribution in [0.1, 0.15) is 42.4 Å². The number of aliphatic hydroxyl groups is 1. The third-order valence-electron chi connectivity index (χ3n) is 6.22. The van der Waals surface area contributed by atoms with Crippen molar-refractivity contribution in [2.75, 3.05) is 26.8 Å². The van der Waals surface area contributed by atoms with Crippen LogP contribution in [0.25, 0.3) is 11.1 Å². The average molecular weight is 506 g/mol. The molecule has 172 valence electrons. The van der Waals surface area contributed by atoms with Crippen molar-refractivity contribution in [3.63, 3.8) is 0 Å². The molecule has 3 aromatic carbocycles. The van der Waals surface area contributed by atoms with Crippen LogP contribution in [0.2, 0.25) is 0 Å². The highest BCUT2D eigenvalue weighted by molar-refractivity contribution is 9.10. The number of nitrogens with zero attached hydrogens (tertiary/aromatic N) is 1. The second-order valence-corrected chi connectivity index (χ2v) is 9.58. The van der Waals surface area contributed by atoms with Gasteiger partial charge in [0.2, 0.25) is 0 Å². The second kappa shape index (κ2) is 11.6. The van der Waals surface area contributed by atoms with E-state index in [1.165, 1.54) is 29.7 Å². The van der Waals surface area contributed by atoms with Gasteiger partial charge in [-0.2, -0.15) is 0 Å². The minimum absolute atomic E-state index is 0.174. The van der Waals surface area contributed by atoms with Gasteiger partial charge >= 0.3 is 0 Å². The quantitative estimate of drug-likeness (QED) is 0.180. The molecular weight excluding hydrogens is 474 g/mol. The molecule has 0 aliphatic carbocycles. The van der Waals surface area contributed by atoms with Crippen molar-refractivity contribution in [2.24, 2.45) is 0 Å². The molecule has 1 saturated heterocycles. The first-order valence-corrected chi connectivity index (χ1v) is 12.5. The third-order valence-corrected chi connectivity index (χ3v) is 6.75. The molecule has 1 fully saturated rings. The van der Waals surface area contributed by atoms with Crippen molar-refractivity contribution in [3.05, 3.63) is 100 Å². The van der Waals surface area contributed by atoms with Gasteiger partial charge in [0.05, 0.1) is 6.61 Å². The first-order valence-electron chi connectivity index (χ1n) is 11.7. The SMILES string of the molecule is CN1C[C@@H]1CCCOc1ccc(C(=C(CCCO)c2ccccc2)c2ccc(Br)cc2)cc1. The fourth-order valence-corrected chi connectivity index (χ4v) is 4.53. The monoisotopic (exact) mass is 505 g/mol. The van der Waals surface area contributed by atoms with E-state index in [4.69, 9.17) is 4.74 Å². The number of hydrogen-bond donors (Lipinski definition) is 1. The minimum atomic E-state index is 0.174. The summed E-state index contributed by atoms with van der Waals surface area (Å²) in [6, 6.07) is 28.2. The summed E-state index contributed by atoms with van der Waals surface area (Å²) < 4.78 is 7.07. The van der Waals surface area contributed by atoms with E-state index in [1.807, 2.05) is 6.07 Å². The van der Waals surface area contributed by atoms with Gasteiger partial charge in [0, 0.05) is 23.7 Å². The lowest BCUT2D eigenvalue weighted by Gasteiger charge is -2.18. The molecule has 0 bridgehead atoms. The fourth-order valence-electron chi connectivity index (χ4n) is 4.26. The summed E-state index contributed by atoms with van der Waals surface area (Å²) in [5, 5.41) is 9.57. The predicted molar refractivity (Wildman–Crippen MR) is 140 cm³/mol. The van der Waals surface area contributed by atoms with Crippen molar-refractivity contribution in [2.45, 2.75) is 31.7 Å². The maximum atomic E-state index is 9.57. The predicted octanol–water partition coefficient (Wildman–Crippen LogP) is 6.65. The van der Waals surface area contributed by atoms with E-state index in [9.17, 15) is 5.11 Å². The van der Waals surface area contributed by atoms with Crippen LogP contribution in [0.4, 0.5) is 0 Å². The van der Waals surface area contributed by atoms with Crippen molar-refractivity contribution < 1.29 is 9.84 Å². The summed E-state index contributed by atoms with van der Waals surface area (Å²) >= 11 is 3.56. The molecule has 1 aliphatic rings. The topological polar surface area (TPSA) is 32.5 Å². The average Bonchev–Trinajstić information content (AvgIpc) is 3.56. The number of rotatable bonds is 11. The fraction of sp³-hybridized carbons (Fsp3) is 0.310. The zero-order valence-corrected chi connectivity index (χ0v) is 20.8. The molecular formula is C29H32BrNO2. The van der Waals surface area contributed by atoms with Gasteiger partial charge in [-0.3, -0.25) is 0 Å². The Balaban J connectivity index is 1.62. The van der Waals surface area contributed by atoms with Crippen LogP contribution in [0.15, 0.2) is 83.3 Å². The van der Waals surface area contributed by atoms with Crippen LogP contribution in [0.5, 0.6) is 5.75 Å². The van der Waals surface area contributed by atoms with Gasteiger partial charge in [-0.15, -0.1) is 0 Å². The van der Waals surface area contributed by atoms with Gasteiger partial charge in [0.1, 0.15) is 5.75 Å². The number of likely N-dealkylation sites (N-methyl/N-ethyl adjacent to an activating group) is 1. The number of aliphatic hydroxyl groups excluding tert-OH is 1. The molecule has 1 unspecified atom stereocenters. The standard InChI is InChI=1S/C29H32BrNO2/c1-31-21-26(31)9-6-20-33-27-17-13-24(14-18-27)29(23-11-15-25(30)16-12-23)28(10-5-19-32)22-7-3-2-4-8-22/h2-4,7-8,11-18,26,32H,5-6,9-10,19-21H2,1H3/t26-,31?/m0/s1.